The van der Waals surface area contributed by atoms with E-state index in [1.54, 1.807) is 30.0 Å². The lowest BCUT2D eigenvalue weighted by Gasteiger charge is -2.16. The van der Waals surface area contributed by atoms with Crippen molar-refractivity contribution in [2.24, 2.45) is 0 Å². The van der Waals surface area contributed by atoms with E-state index in [4.69, 9.17) is 5.73 Å². The van der Waals surface area contributed by atoms with Crippen molar-refractivity contribution in [3.63, 3.8) is 0 Å². The number of hydrogen-bond donors (Lipinski definition) is 2. The summed E-state index contributed by atoms with van der Waals surface area (Å²) >= 11 is 1.57. The number of nitrogen functional groups attached to an aromatic ring is 1. The molecule has 2 rings (SSSR count). The van der Waals surface area contributed by atoms with Gasteiger partial charge in [0.2, 0.25) is 0 Å². The average molecular weight is 292 g/mol. The van der Waals surface area contributed by atoms with Crippen LogP contribution in [0.15, 0.2) is 28.2 Å². The molecule has 108 valence electrons. The smallest absolute Gasteiger partial charge is 0.259 e. The van der Waals surface area contributed by atoms with Gasteiger partial charge in [-0.1, -0.05) is 25.6 Å². The maximum absolute atomic E-state index is 12.0. The first kappa shape index (κ1) is 14.9. The maximum atomic E-state index is 12.0. The number of fused-ring (bicyclic) bond motifs is 1. The van der Waals surface area contributed by atoms with Crippen molar-refractivity contribution < 1.29 is 0 Å². The maximum Gasteiger partial charge on any atom is 0.259 e. The summed E-state index contributed by atoms with van der Waals surface area (Å²) in [5.74, 6) is 0.908. The highest BCUT2D eigenvalue weighted by Crippen LogP contribution is 2.16. The normalized spacial score (nSPS) is 11.3. The van der Waals surface area contributed by atoms with Gasteiger partial charge in [-0.15, -0.1) is 0 Å². The molecule has 0 amide bonds. The molecule has 0 saturated heterocycles. The lowest BCUT2D eigenvalue weighted by Crippen LogP contribution is -2.25. The van der Waals surface area contributed by atoms with Crippen LogP contribution in [-0.2, 0) is 0 Å². The Kier molecular flexibility index (Phi) is 5.03. The number of rotatable bonds is 6. The molecule has 20 heavy (non-hydrogen) atoms. The van der Waals surface area contributed by atoms with E-state index >= 15 is 0 Å². The third kappa shape index (κ3) is 3.52. The van der Waals surface area contributed by atoms with Crippen LogP contribution >= 0.6 is 11.8 Å². The minimum Gasteiger partial charge on any atom is -0.399 e. The highest BCUT2D eigenvalue weighted by Gasteiger charge is 2.06. The van der Waals surface area contributed by atoms with E-state index in [1.165, 1.54) is 0 Å². The Morgan fingerprint density at radius 2 is 2.10 bits per heavy atom. The van der Waals surface area contributed by atoms with Crippen LogP contribution < -0.4 is 11.3 Å². The SMILES string of the molecule is CCN(CC)CCSc1nc2ccc(N)cc2c(=O)[nH]1. The minimum atomic E-state index is -0.132. The highest BCUT2D eigenvalue weighted by molar-refractivity contribution is 7.99. The van der Waals surface area contributed by atoms with Crippen LogP contribution in [0.4, 0.5) is 5.69 Å². The standard InChI is InChI=1S/C14H20N4OS/c1-3-18(4-2)7-8-20-14-16-12-6-5-10(15)9-11(12)13(19)17-14/h5-6,9H,3-4,7-8,15H2,1-2H3,(H,16,17,19). The summed E-state index contributed by atoms with van der Waals surface area (Å²) in [5, 5.41) is 1.21. The Bertz CT molecular complexity index is 637. The van der Waals surface area contributed by atoms with Crippen molar-refractivity contribution in [2.75, 3.05) is 31.1 Å². The van der Waals surface area contributed by atoms with Crippen molar-refractivity contribution in [3.05, 3.63) is 28.6 Å². The molecule has 1 heterocycles. The van der Waals surface area contributed by atoms with E-state index in [0.29, 0.717) is 21.7 Å². The van der Waals surface area contributed by atoms with Crippen LogP contribution in [0.1, 0.15) is 13.8 Å². The first-order chi connectivity index (χ1) is 9.63. The zero-order valence-electron chi connectivity index (χ0n) is 11.8. The fourth-order valence-electron chi connectivity index (χ4n) is 2.01. The van der Waals surface area contributed by atoms with Gasteiger partial charge in [-0.2, -0.15) is 0 Å². The average Bonchev–Trinajstić information content (AvgIpc) is 2.44. The van der Waals surface area contributed by atoms with Crippen molar-refractivity contribution in [1.82, 2.24) is 14.9 Å². The molecule has 0 aliphatic carbocycles. The fourth-order valence-corrected chi connectivity index (χ4v) is 2.89. The van der Waals surface area contributed by atoms with Crippen LogP contribution in [0.3, 0.4) is 0 Å². The second-order valence-electron chi connectivity index (χ2n) is 4.52. The summed E-state index contributed by atoms with van der Waals surface area (Å²) < 4.78 is 0. The predicted octanol–water partition coefficient (Wildman–Crippen LogP) is 1.94. The number of nitrogens with two attached hydrogens (primary N) is 1. The molecular weight excluding hydrogens is 272 g/mol. The molecule has 0 saturated carbocycles. The number of thioether (sulfide) groups is 1. The molecule has 0 unspecified atom stereocenters. The molecule has 0 aliphatic heterocycles. The molecule has 1 aromatic carbocycles. The summed E-state index contributed by atoms with van der Waals surface area (Å²) in [7, 11) is 0. The van der Waals surface area contributed by atoms with Gasteiger partial charge in [0.25, 0.3) is 5.56 Å². The quantitative estimate of drug-likeness (QED) is 0.483. The molecule has 0 aliphatic rings. The number of aromatic nitrogens is 2. The molecule has 3 N–H and O–H groups in total. The summed E-state index contributed by atoms with van der Waals surface area (Å²) in [6, 6.07) is 5.21. The minimum absolute atomic E-state index is 0.132. The summed E-state index contributed by atoms with van der Waals surface area (Å²) in [5.41, 5.74) is 6.82. The van der Waals surface area contributed by atoms with Gasteiger partial charge in [-0.3, -0.25) is 4.79 Å². The molecule has 6 heteroatoms. The number of nitrogens with one attached hydrogen (secondary N) is 1. The number of aromatic amines is 1. The van der Waals surface area contributed by atoms with E-state index in [1.807, 2.05) is 0 Å². The molecule has 5 nitrogen and oxygen atoms in total. The second-order valence-corrected chi connectivity index (χ2v) is 5.61. The second kappa shape index (κ2) is 6.76. The number of H-pyrrole nitrogens is 1. The van der Waals surface area contributed by atoms with Gasteiger partial charge < -0.3 is 15.6 Å². The number of nitrogens with zero attached hydrogens (tertiary/aromatic N) is 2. The molecule has 0 radical (unpaired) electrons. The topological polar surface area (TPSA) is 75.0 Å². The van der Waals surface area contributed by atoms with E-state index in [9.17, 15) is 4.79 Å². The Balaban J connectivity index is 2.12. The number of benzene rings is 1. The van der Waals surface area contributed by atoms with Crippen LogP contribution in [0.25, 0.3) is 10.9 Å². The van der Waals surface area contributed by atoms with E-state index in [-0.39, 0.29) is 5.56 Å². The molecule has 1 aromatic heterocycles. The Morgan fingerprint density at radius 1 is 1.35 bits per heavy atom. The highest BCUT2D eigenvalue weighted by atomic mass is 32.2. The molecule has 0 fully saturated rings. The Labute approximate surface area is 122 Å². The largest absolute Gasteiger partial charge is 0.399 e. The van der Waals surface area contributed by atoms with E-state index in [0.717, 1.165) is 25.4 Å². The van der Waals surface area contributed by atoms with Crippen molar-refractivity contribution in [1.29, 1.82) is 0 Å². The number of anilines is 1. The van der Waals surface area contributed by atoms with Crippen LogP contribution in [0.2, 0.25) is 0 Å². The van der Waals surface area contributed by atoms with Gasteiger partial charge in [-0.05, 0) is 31.3 Å². The van der Waals surface area contributed by atoms with Gasteiger partial charge in [0.15, 0.2) is 5.16 Å². The Morgan fingerprint density at radius 3 is 2.80 bits per heavy atom. The van der Waals surface area contributed by atoms with Crippen molar-refractivity contribution in [2.45, 2.75) is 19.0 Å². The first-order valence-corrected chi connectivity index (χ1v) is 7.77. The molecule has 2 aromatic rings. The monoisotopic (exact) mass is 292 g/mol. The van der Waals surface area contributed by atoms with Crippen LogP contribution in [0, 0.1) is 0 Å². The van der Waals surface area contributed by atoms with Crippen LogP contribution in [0.5, 0.6) is 0 Å². The van der Waals surface area contributed by atoms with Crippen molar-refractivity contribution >= 4 is 28.4 Å². The zero-order valence-corrected chi connectivity index (χ0v) is 12.7. The van der Waals surface area contributed by atoms with Crippen LogP contribution in [-0.4, -0.2) is 40.3 Å². The van der Waals surface area contributed by atoms with Gasteiger partial charge in [0.05, 0.1) is 10.9 Å². The van der Waals surface area contributed by atoms with Gasteiger partial charge in [0, 0.05) is 18.0 Å². The molecule has 0 atom stereocenters. The predicted molar refractivity (Wildman–Crippen MR) is 85.3 cm³/mol. The molecule has 0 spiro atoms. The first-order valence-electron chi connectivity index (χ1n) is 6.78. The third-order valence-corrected chi connectivity index (χ3v) is 4.10. The lowest BCUT2D eigenvalue weighted by molar-refractivity contribution is 0.324. The molecular formula is C14H20N4OS. The summed E-state index contributed by atoms with van der Waals surface area (Å²) in [6.45, 7) is 7.36. The number of hydrogen-bond acceptors (Lipinski definition) is 5. The Hall–Kier alpha value is -1.53. The lowest BCUT2D eigenvalue weighted by atomic mass is 10.2. The zero-order chi connectivity index (χ0) is 14.5. The van der Waals surface area contributed by atoms with E-state index in [2.05, 4.69) is 28.7 Å². The van der Waals surface area contributed by atoms with Gasteiger partial charge in [0.1, 0.15) is 0 Å². The van der Waals surface area contributed by atoms with Gasteiger partial charge >= 0.3 is 0 Å². The van der Waals surface area contributed by atoms with Crippen molar-refractivity contribution in [3.8, 4) is 0 Å². The molecule has 0 bridgehead atoms. The fraction of sp³-hybridized carbons (Fsp3) is 0.429. The third-order valence-electron chi connectivity index (χ3n) is 3.25. The van der Waals surface area contributed by atoms with E-state index < -0.39 is 0 Å². The summed E-state index contributed by atoms with van der Waals surface area (Å²) in [4.78, 5) is 21.6. The van der Waals surface area contributed by atoms with Gasteiger partial charge in [-0.25, -0.2) is 4.98 Å². The summed E-state index contributed by atoms with van der Waals surface area (Å²) in [6.07, 6.45) is 0.